The molecular weight excluding hydrogens is 242 g/mol. The van der Waals surface area contributed by atoms with Crippen molar-refractivity contribution in [1.82, 2.24) is 5.32 Å². The first-order valence-corrected chi connectivity index (χ1v) is 6.74. The molecule has 1 unspecified atom stereocenters. The summed E-state index contributed by atoms with van der Waals surface area (Å²) in [6.45, 7) is 6.55. The molecule has 0 radical (unpaired) electrons. The average molecular weight is 267 g/mol. The van der Waals surface area contributed by atoms with Gasteiger partial charge in [-0.2, -0.15) is 0 Å². The van der Waals surface area contributed by atoms with Crippen molar-refractivity contribution in [2.75, 3.05) is 27.4 Å². The van der Waals surface area contributed by atoms with Crippen LogP contribution in [0.15, 0.2) is 18.2 Å². The predicted octanol–water partition coefficient (Wildman–Crippen LogP) is 2.61. The van der Waals surface area contributed by atoms with Crippen LogP contribution in [0.1, 0.15) is 25.8 Å². The van der Waals surface area contributed by atoms with Gasteiger partial charge in [0.2, 0.25) is 0 Å². The third-order valence-corrected chi connectivity index (χ3v) is 2.71. The molecule has 0 saturated carbocycles. The minimum absolute atomic E-state index is 0.00208. The summed E-state index contributed by atoms with van der Waals surface area (Å²) in [7, 11) is 3.32. The number of ether oxygens (including phenoxy) is 3. The maximum atomic E-state index is 5.85. The second kappa shape index (κ2) is 8.77. The second-order valence-corrected chi connectivity index (χ2v) is 4.55. The lowest BCUT2D eigenvalue weighted by Crippen LogP contribution is -2.19. The molecule has 0 saturated heterocycles. The predicted molar refractivity (Wildman–Crippen MR) is 77.0 cm³/mol. The summed E-state index contributed by atoms with van der Waals surface area (Å²) in [6.07, 6.45) is 1.13. The van der Waals surface area contributed by atoms with Gasteiger partial charge in [-0.1, -0.05) is 13.0 Å². The van der Waals surface area contributed by atoms with E-state index in [9.17, 15) is 0 Å². The van der Waals surface area contributed by atoms with Crippen molar-refractivity contribution in [3.63, 3.8) is 0 Å². The van der Waals surface area contributed by atoms with Gasteiger partial charge in [0, 0.05) is 13.7 Å². The molecule has 0 bridgehead atoms. The van der Waals surface area contributed by atoms with E-state index in [0.717, 1.165) is 31.0 Å². The fourth-order valence-corrected chi connectivity index (χ4v) is 1.82. The van der Waals surface area contributed by atoms with E-state index in [-0.39, 0.29) is 6.10 Å². The first kappa shape index (κ1) is 15.8. The third kappa shape index (κ3) is 5.49. The van der Waals surface area contributed by atoms with E-state index in [4.69, 9.17) is 14.2 Å². The summed E-state index contributed by atoms with van der Waals surface area (Å²) in [5.74, 6) is 1.52. The molecule has 1 atom stereocenters. The highest BCUT2D eigenvalue weighted by atomic mass is 16.5. The Morgan fingerprint density at radius 1 is 1.21 bits per heavy atom. The van der Waals surface area contributed by atoms with Crippen LogP contribution in [0.5, 0.6) is 11.5 Å². The van der Waals surface area contributed by atoms with Crippen LogP contribution in [0.2, 0.25) is 0 Å². The number of benzene rings is 1. The molecule has 0 amide bonds. The highest BCUT2D eigenvalue weighted by Gasteiger charge is 2.10. The SMILES string of the molecule is CCCNCc1ccc(OC)c(OC(C)COC)c1. The normalized spacial score (nSPS) is 12.2. The van der Waals surface area contributed by atoms with Crippen molar-refractivity contribution >= 4 is 0 Å². The lowest BCUT2D eigenvalue weighted by atomic mass is 10.2. The lowest BCUT2D eigenvalue weighted by molar-refractivity contribution is 0.0899. The van der Waals surface area contributed by atoms with Gasteiger partial charge in [0.1, 0.15) is 6.10 Å². The Bertz CT molecular complexity index is 368. The molecule has 0 aliphatic rings. The zero-order chi connectivity index (χ0) is 14.1. The smallest absolute Gasteiger partial charge is 0.162 e. The van der Waals surface area contributed by atoms with Crippen LogP contribution < -0.4 is 14.8 Å². The van der Waals surface area contributed by atoms with Crippen LogP contribution in [0.25, 0.3) is 0 Å². The minimum atomic E-state index is -0.00208. The first-order valence-electron chi connectivity index (χ1n) is 6.74. The summed E-state index contributed by atoms with van der Waals surface area (Å²) >= 11 is 0. The van der Waals surface area contributed by atoms with Crippen LogP contribution in [-0.4, -0.2) is 33.5 Å². The molecule has 0 aliphatic carbocycles. The minimum Gasteiger partial charge on any atom is -0.493 e. The molecule has 4 heteroatoms. The summed E-state index contributed by atoms with van der Waals surface area (Å²) in [5, 5.41) is 3.37. The van der Waals surface area contributed by atoms with Crippen molar-refractivity contribution in [1.29, 1.82) is 0 Å². The van der Waals surface area contributed by atoms with E-state index in [2.05, 4.69) is 18.3 Å². The van der Waals surface area contributed by atoms with Crippen molar-refractivity contribution in [2.24, 2.45) is 0 Å². The van der Waals surface area contributed by atoms with E-state index in [1.807, 2.05) is 19.1 Å². The zero-order valence-corrected chi connectivity index (χ0v) is 12.4. The monoisotopic (exact) mass is 267 g/mol. The Labute approximate surface area is 116 Å². The van der Waals surface area contributed by atoms with E-state index >= 15 is 0 Å². The topological polar surface area (TPSA) is 39.7 Å². The van der Waals surface area contributed by atoms with Crippen molar-refractivity contribution < 1.29 is 14.2 Å². The lowest BCUT2D eigenvalue weighted by Gasteiger charge is -2.17. The Kier molecular flexibility index (Phi) is 7.30. The van der Waals surface area contributed by atoms with Gasteiger partial charge in [-0.15, -0.1) is 0 Å². The highest BCUT2D eigenvalue weighted by Crippen LogP contribution is 2.29. The molecule has 1 rings (SSSR count). The quantitative estimate of drug-likeness (QED) is 0.698. The number of hydrogen-bond donors (Lipinski definition) is 1. The largest absolute Gasteiger partial charge is 0.493 e. The molecule has 0 spiro atoms. The summed E-state index contributed by atoms with van der Waals surface area (Å²) in [5.41, 5.74) is 1.19. The maximum absolute atomic E-state index is 5.85. The van der Waals surface area contributed by atoms with Gasteiger partial charge >= 0.3 is 0 Å². The van der Waals surface area contributed by atoms with Gasteiger partial charge in [-0.3, -0.25) is 0 Å². The van der Waals surface area contributed by atoms with Gasteiger partial charge in [-0.05, 0) is 37.6 Å². The second-order valence-electron chi connectivity index (χ2n) is 4.55. The summed E-state index contributed by atoms with van der Waals surface area (Å²) in [6, 6.07) is 6.01. The molecule has 0 aromatic heterocycles. The van der Waals surface area contributed by atoms with Crippen molar-refractivity contribution in [2.45, 2.75) is 32.9 Å². The Balaban J connectivity index is 2.71. The molecule has 1 aromatic rings. The Morgan fingerprint density at radius 2 is 2.00 bits per heavy atom. The van der Waals surface area contributed by atoms with E-state index in [1.54, 1.807) is 14.2 Å². The van der Waals surface area contributed by atoms with Gasteiger partial charge < -0.3 is 19.5 Å². The molecule has 19 heavy (non-hydrogen) atoms. The van der Waals surface area contributed by atoms with Crippen LogP contribution in [0.3, 0.4) is 0 Å². The molecule has 0 heterocycles. The van der Waals surface area contributed by atoms with Gasteiger partial charge in [0.05, 0.1) is 13.7 Å². The first-order chi connectivity index (χ1) is 9.21. The Morgan fingerprint density at radius 3 is 2.63 bits per heavy atom. The number of nitrogens with one attached hydrogen (secondary N) is 1. The molecule has 0 fully saturated rings. The standard InChI is InChI=1S/C15H25NO3/c1-5-8-16-10-13-6-7-14(18-4)15(9-13)19-12(2)11-17-3/h6-7,9,12,16H,5,8,10-11H2,1-4H3. The van der Waals surface area contributed by atoms with Gasteiger partial charge in [0.25, 0.3) is 0 Å². The fourth-order valence-electron chi connectivity index (χ4n) is 1.82. The van der Waals surface area contributed by atoms with Crippen LogP contribution in [0.4, 0.5) is 0 Å². The van der Waals surface area contributed by atoms with Crippen LogP contribution >= 0.6 is 0 Å². The molecule has 0 aliphatic heterocycles. The zero-order valence-electron chi connectivity index (χ0n) is 12.4. The highest BCUT2D eigenvalue weighted by molar-refractivity contribution is 5.43. The van der Waals surface area contributed by atoms with E-state index in [0.29, 0.717) is 6.61 Å². The third-order valence-electron chi connectivity index (χ3n) is 2.71. The van der Waals surface area contributed by atoms with Crippen molar-refractivity contribution in [3.8, 4) is 11.5 Å². The molecule has 4 nitrogen and oxygen atoms in total. The molecule has 1 aromatic carbocycles. The Hall–Kier alpha value is -1.26. The number of hydrogen-bond acceptors (Lipinski definition) is 4. The molecule has 108 valence electrons. The van der Waals surface area contributed by atoms with Gasteiger partial charge in [-0.25, -0.2) is 0 Å². The van der Waals surface area contributed by atoms with Crippen LogP contribution in [0, 0.1) is 0 Å². The number of methoxy groups -OCH3 is 2. The van der Waals surface area contributed by atoms with E-state index < -0.39 is 0 Å². The fraction of sp³-hybridized carbons (Fsp3) is 0.600. The average Bonchev–Trinajstić information content (AvgIpc) is 2.39. The summed E-state index contributed by atoms with van der Waals surface area (Å²) in [4.78, 5) is 0. The van der Waals surface area contributed by atoms with E-state index in [1.165, 1.54) is 5.56 Å². The van der Waals surface area contributed by atoms with Crippen molar-refractivity contribution in [3.05, 3.63) is 23.8 Å². The van der Waals surface area contributed by atoms with Gasteiger partial charge in [0.15, 0.2) is 11.5 Å². The molecular formula is C15H25NO3. The molecule has 1 N–H and O–H groups in total. The summed E-state index contributed by atoms with van der Waals surface area (Å²) < 4.78 is 16.2. The number of rotatable bonds is 9. The maximum Gasteiger partial charge on any atom is 0.162 e. The van der Waals surface area contributed by atoms with Crippen LogP contribution in [-0.2, 0) is 11.3 Å².